The zero-order valence-electron chi connectivity index (χ0n) is 17.1. The van der Waals surface area contributed by atoms with Gasteiger partial charge in [-0.3, -0.25) is 0 Å². The molecule has 29 heavy (non-hydrogen) atoms. The van der Waals surface area contributed by atoms with E-state index in [1.165, 1.54) is 26.2 Å². The van der Waals surface area contributed by atoms with Gasteiger partial charge in [0.2, 0.25) is 10.0 Å². The summed E-state index contributed by atoms with van der Waals surface area (Å²) < 4.78 is 32.9. The predicted octanol–water partition coefficient (Wildman–Crippen LogP) is 2.93. The summed E-state index contributed by atoms with van der Waals surface area (Å²) in [7, 11) is -0.619. The third-order valence-corrected chi connectivity index (χ3v) is 6.26. The number of aryl methyl sites for hydroxylation is 1. The van der Waals surface area contributed by atoms with Crippen LogP contribution in [-0.2, 0) is 21.4 Å². The molecule has 154 valence electrons. The summed E-state index contributed by atoms with van der Waals surface area (Å²) >= 11 is 0. The minimum atomic E-state index is -3.56. The van der Waals surface area contributed by atoms with Crippen molar-refractivity contribution >= 4 is 27.0 Å². The Kier molecular flexibility index (Phi) is 5.72. The second-order valence-corrected chi connectivity index (χ2v) is 9.39. The van der Waals surface area contributed by atoms with Gasteiger partial charge in [-0.25, -0.2) is 27.2 Å². The van der Waals surface area contributed by atoms with Crippen LogP contribution in [0.25, 0.3) is 11.0 Å². The molecule has 1 aromatic carbocycles. The smallest absolute Gasteiger partial charge is 0.339 e. The maximum atomic E-state index is 12.7. The van der Waals surface area contributed by atoms with Crippen molar-refractivity contribution in [3.8, 4) is 0 Å². The van der Waals surface area contributed by atoms with Gasteiger partial charge in [0, 0.05) is 25.8 Å². The third-order valence-electron chi connectivity index (χ3n) is 4.45. The molecule has 0 unspecified atom stereocenters. The Morgan fingerprint density at radius 3 is 2.62 bits per heavy atom. The fourth-order valence-electron chi connectivity index (χ4n) is 2.92. The molecule has 2 aromatic heterocycles. The second kappa shape index (κ2) is 7.92. The zero-order chi connectivity index (χ0) is 21.3. The number of hydrogen-bond acceptors (Lipinski definition) is 6. The lowest BCUT2D eigenvalue weighted by atomic mass is 10.1. The number of benzene rings is 1. The minimum absolute atomic E-state index is 0.0448. The number of nitrogens with zero attached hydrogens (tertiary/aromatic N) is 4. The Bertz CT molecular complexity index is 1170. The first-order valence-electron chi connectivity index (χ1n) is 9.14. The summed E-state index contributed by atoms with van der Waals surface area (Å²) in [6, 6.07) is 8.13. The highest BCUT2D eigenvalue weighted by Crippen LogP contribution is 2.22. The molecule has 9 heteroatoms. The van der Waals surface area contributed by atoms with Gasteiger partial charge in [-0.05, 0) is 44.5 Å². The van der Waals surface area contributed by atoms with Crippen molar-refractivity contribution < 1.29 is 17.9 Å². The van der Waals surface area contributed by atoms with E-state index < -0.39 is 16.0 Å². The van der Waals surface area contributed by atoms with E-state index >= 15 is 0 Å². The fourth-order valence-corrected chi connectivity index (χ4v) is 3.90. The molecule has 8 nitrogen and oxygen atoms in total. The summed E-state index contributed by atoms with van der Waals surface area (Å²) in [6.07, 6.45) is 1.61. The van der Waals surface area contributed by atoms with Crippen molar-refractivity contribution in [1.29, 1.82) is 0 Å². The van der Waals surface area contributed by atoms with E-state index in [1.807, 2.05) is 20.8 Å². The van der Waals surface area contributed by atoms with Crippen molar-refractivity contribution in [1.82, 2.24) is 19.1 Å². The zero-order valence-corrected chi connectivity index (χ0v) is 17.9. The molecular formula is C20H24N4O4S. The first kappa shape index (κ1) is 20.9. The highest BCUT2D eigenvalue weighted by molar-refractivity contribution is 7.89. The van der Waals surface area contributed by atoms with Crippen LogP contribution in [0.2, 0.25) is 0 Å². The van der Waals surface area contributed by atoms with E-state index in [2.05, 4.69) is 10.1 Å². The maximum absolute atomic E-state index is 12.7. The van der Waals surface area contributed by atoms with Crippen LogP contribution in [0.3, 0.4) is 0 Å². The van der Waals surface area contributed by atoms with Gasteiger partial charge in [0.15, 0.2) is 5.65 Å². The van der Waals surface area contributed by atoms with Crippen LogP contribution in [0.1, 0.15) is 41.5 Å². The van der Waals surface area contributed by atoms with Crippen LogP contribution < -0.4 is 0 Å². The van der Waals surface area contributed by atoms with Gasteiger partial charge in [-0.2, -0.15) is 5.10 Å². The second-order valence-electron chi connectivity index (χ2n) is 7.24. The van der Waals surface area contributed by atoms with Crippen molar-refractivity contribution in [2.24, 2.45) is 0 Å². The van der Waals surface area contributed by atoms with Gasteiger partial charge < -0.3 is 4.74 Å². The largest absolute Gasteiger partial charge is 0.457 e. The Labute approximate surface area is 170 Å². The monoisotopic (exact) mass is 416 g/mol. The summed E-state index contributed by atoms with van der Waals surface area (Å²) in [5, 5.41) is 4.95. The standard InChI is InChI=1S/C20H24N4O4S/c1-13(2)24-19-18(11-21-24)17(9-14(3)22-19)20(25)28-12-15-7-6-8-16(10-15)29(26,27)23(4)5/h6-11,13H,12H2,1-5H3. The molecule has 0 radical (unpaired) electrons. The van der Waals surface area contributed by atoms with Crippen LogP contribution in [0.15, 0.2) is 41.4 Å². The van der Waals surface area contributed by atoms with Crippen LogP contribution in [0, 0.1) is 6.92 Å². The van der Waals surface area contributed by atoms with Crippen LogP contribution in [0.5, 0.6) is 0 Å². The first-order valence-corrected chi connectivity index (χ1v) is 10.6. The van der Waals surface area contributed by atoms with E-state index in [0.29, 0.717) is 27.9 Å². The SMILES string of the molecule is Cc1cc(C(=O)OCc2cccc(S(=O)(=O)N(C)C)c2)c2cnn(C(C)C)c2n1. The van der Waals surface area contributed by atoms with Gasteiger partial charge in [0.05, 0.1) is 22.0 Å². The molecule has 0 fully saturated rings. The number of aromatic nitrogens is 3. The number of pyridine rings is 1. The van der Waals surface area contributed by atoms with Gasteiger partial charge in [-0.1, -0.05) is 12.1 Å². The average molecular weight is 417 g/mol. The molecule has 0 N–H and O–H groups in total. The number of hydrogen-bond donors (Lipinski definition) is 0. The molecule has 2 heterocycles. The number of rotatable bonds is 6. The molecule has 0 aliphatic heterocycles. The number of carbonyl (C=O) groups excluding carboxylic acids is 1. The molecule has 0 amide bonds. The van der Waals surface area contributed by atoms with Crippen molar-refractivity contribution in [3.05, 3.63) is 53.3 Å². The van der Waals surface area contributed by atoms with Crippen molar-refractivity contribution in [3.63, 3.8) is 0 Å². The van der Waals surface area contributed by atoms with Gasteiger partial charge in [-0.15, -0.1) is 0 Å². The Hall–Kier alpha value is -2.78. The van der Waals surface area contributed by atoms with Crippen LogP contribution >= 0.6 is 0 Å². The molecule has 0 saturated carbocycles. The number of esters is 1. The molecule has 3 aromatic rings. The highest BCUT2D eigenvalue weighted by atomic mass is 32.2. The Balaban J connectivity index is 1.86. The number of ether oxygens (including phenoxy) is 1. The van der Waals surface area contributed by atoms with E-state index in [4.69, 9.17) is 4.74 Å². The number of carbonyl (C=O) groups is 1. The topological polar surface area (TPSA) is 94.4 Å². The molecule has 3 rings (SSSR count). The molecule has 0 atom stereocenters. The summed E-state index contributed by atoms with van der Waals surface area (Å²) in [5.41, 5.74) is 2.29. The summed E-state index contributed by atoms with van der Waals surface area (Å²) in [5.74, 6) is -0.510. The fraction of sp³-hybridized carbons (Fsp3) is 0.350. The normalized spacial score (nSPS) is 12.1. The van der Waals surface area contributed by atoms with Crippen molar-refractivity contribution in [2.45, 2.75) is 38.3 Å². The highest BCUT2D eigenvalue weighted by Gasteiger charge is 2.20. The van der Waals surface area contributed by atoms with Crippen LogP contribution in [0.4, 0.5) is 0 Å². The molecule has 0 aliphatic rings. The lowest BCUT2D eigenvalue weighted by Crippen LogP contribution is -2.22. The van der Waals surface area contributed by atoms with E-state index in [1.54, 1.807) is 29.1 Å². The number of fused-ring (bicyclic) bond motifs is 1. The van der Waals surface area contributed by atoms with Gasteiger partial charge >= 0.3 is 5.97 Å². The maximum Gasteiger partial charge on any atom is 0.339 e. The lowest BCUT2D eigenvalue weighted by molar-refractivity contribution is 0.0474. The summed E-state index contributed by atoms with van der Waals surface area (Å²) in [4.78, 5) is 17.4. The van der Waals surface area contributed by atoms with E-state index in [-0.39, 0.29) is 17.5 Å². The van der Waals surface area contributed by atoms with E-state index in [0.717, 1.165) is 4.31 Å². The molecule has 0 spiro atoms. The van der Waals surface area contributed by atoms with Gasteiger partial charge in [0.1, 0.15) is 6.61 Å². The molecular weight excluding hydrogens is 392 g/mol. The molecule has 0 saturated heterocycles. The number of sulfonamides is 1. The molecule has 0 bridgehead atoms. The van der Waals surface area contributed by atoms with Crippen molar-refractivity contribution in [2.75, 3.05) is 14.1 Å². The first-order chi connectivity index (χ1) is 13.6. The Morgan fingerprint density at radius 1 is 1.24 bits per heavy atom. The molecule has 0 aliphatic carbocycles. The van der Waals surface area contributed by atoms with Crippen LogP contribution in [-0.4, -0.2) is 47.6 Å². The quantitative estimate of drug-likeness (QED) is 0.574. The third kappa shape index (κ3) is 4.15. The summed E-state index contributed by atoms with van der Waals surface area (Å²) in [6.45, 7) is 5.74. The minimum Gasteiger partial charge on any atom is -0.457 e. The average Bonchev–Trinajstić information content (AvgIpc) is 3.09. The van der Waals surface area contributed by atoms with E-state index in [9.17, 15) is 13.2 Å². The Morgan fingerprint density at radius 2 is 1.97 bits per heavy atom. The predicted molar refractivity (Wildman–Crippen MR) is 109 cm³/mol. The van der Waals surface area contributed by atoms with Gasteiger partial charge in [0.25, 0.3) is 0 Å². The lowest BCUT2D eigenvalue weighted by Gasteiger charge is -2.12.